The lowest BCUT2D eigenvalue weighted by molar-refractivity contribution is 0.158. The molecule has 7 nitrogen and oxygen atoms in total. The monoisotopic (exact) mass is 414 g/mol. The Bertz CT molecular complexity index is 970. The van der Waals surface area contributed by atoms with E-state index >= 15 is 0 Å². The van der Waals surface area contributed by atoms with E-state index in [2.05, 4.69) is 13.8 Å². The van der Waals surface area contributed by atoms with Crippen molar-refractivity contribution in [3.63, 3.8) is 0 Å². The summed E-state index contributed by atoms with van der Waals surface area (Å²) in [6, 6.07) is 7.70. The number of methoxy groups -OCH3 is 4. The van der Waals surface area contributed by atoms with E-state index in [0.717, 1.165) is 22.5 Å². The molecule has 4 rings (SSSR count). The smallest absolute Gasteiger partial charge is 0.231 e. The highest BCUT2D eigenvalue weighted by Gasteiger charge is 2.35. The summed E-state index contributed by atoms with van der Waals surface area (Å²) in [5.41, 5.74) is 2.96. The first-order valence-corrected chi connectivity index (χ1v) is 9.67. The zero-order chi connectivity index (χ0) is 21.4. The number of hydrogen-bond donors (Lipinski definition) is 0. The second-order valence-electron chi connectivity index (χ2n) is 7.21. The minimum Gasteiger partial charge on any atom is -0.493 e. The van der Waals surface area contributed by atoms with Crippen molar-refractivity contribution < 1.29 is 33.2 Å². The summed E-state index contributed by atoms with van der Waals surface area (Å²) in [5.74, 6) is 4.57. The summed E-state index contributed by atoms with van der Waals surface area (Å²) >= 11 is 0. The molecule has 7 heteroatoms. The Labute approximate surface area is 176 Å². The third kappa shape index (κ3) is 3.14. The van der Waals surface area contributed by atoms with E-state index in [4.69, 9.17) is 33.2 Å². The van der Waals surface area contributed by atoms with Gasteiger partial charge in [-0.1, -0.05) is 6.92 Å². The Hall–Kier alpha value is -3.22. The molecule has 0 N–H and O–H groups in total. The van der Waals surface area contributed by atoms with Crippen molar-refractivity contribution in [2.45, 2.75) is 20.0 Å². The third-order valence-electron chi connectivity index (χ3n) is 5.68. The van der Waals surface area contributed by atoms with Gasteiger partial charge in [0.05, 0.1) is 28.4 Å². The predicted octanol–water partition coefficient (Wildman–Crippen LogP) is 4.59. The van der Waals surface area contributed by atoms with Crippen molar-refractivity contribution in [2.75, 3.05) is 35.2 Å². The van der Waals surface area contributed by atoms with Crippen LogP contribution >= 0.6 is 0 Å². The molecule has 0 radical (unpaired) electrons. The van der Waals surface area contributed by atoms with E-state index in [1.165, 1.54) is 0 Å². The molecule has 2 heterocycles. The molecule has 0 spiro atoms. The number of ether oxygens (including phenoxy) is 7. The molecule has 2 aliphatic heterocycles. The van der Waals surface area contributed by atoms with Gasteiger partial charge < -0.3 is 33.2 Å². The Morgan fingerprint density at radius 3 is 2.10 bits per heavy atom. The lowest BCUT2D eigenvalue weighted by atomic mass is 9.92. The SMILES string of the molecule is COc1cc([C@H]2OC(c3cc(OC)c4c(c3)OCO4)=C(C)[C@@H]2C)cc(OC)c1OC. The summed E-state index contributed by atoms with van der Waals surface area (Å²) in [6.45, 7) is 4.40. The van der Waals surface area contributed by atoms with Crippen LogP contribution in [0.1, 0.15) is 31.1 Å². The van der Waals surface area contributed by atoms with Gasteiger partial charge in [-0.05, 0) is 36.8 Å². The second kappa shape index (κ2) is 7.89. The van der Waals surface area contributed by atoms with Crippen molar-refractivity contribution in [2.24, 2.45) is 5.92 Å². The molecule has 2 aliphatic rings. The largest absolute Gasteiger partial charge is 0.493 e. The van der Waals surface area contributed by atoms with Gasteiger partial charge in [0.15, 0.2) is 23.0 Å². The zero-order valence-corrected chi connectivity index (χ0v) is 18.0. The molecular weight excluding hydrogens is 388 g/mol. The molecule has 0 unspecified atom stereocenters. The molecule has 2 atom stereocenters. The maximum Gasteiger partial charge on any atom is 0.231 e. The summed E-state index contributed by atoms with van der Waals surface area (Å²) in [4.78, 5) is 0. The van der Waals surface area contributed by atoms with Crippen molar-refractivity contribution in [1.82, 2.24) is 0 Å². The van der Waals surface area contributed by atoms with Crippen LogP contribution in [0.15, 0.2) is 29.8 Å². The van der Waals surface area contributed by atoms with Gasteiger partial charge in [-0.25, -0.2) is 0 Å². The van der Waals surface area contributed by atoms with Gasteiger partial charge in [-0.3, -0.25) is 0 Å². The van der Waals surface area contributed by atoms with E-state index in [-0.39, 0.29) is 18.8 Å². The summed E-state index contributed by atoms with van der Waals surface area (Å²) in [6.07, 6.45) is -0.204. The number of fused-ring (bicyclic) bond motifs is 1. The van der Waals surface area contributed by atoms with Crippen molar-refractivity contribution in [3.05, 3.63) is 41.0 Å². The highest BCUT2D eigenvalue weighted by molar-refractivity contribution is 5.71. The second-order valence-corrected chi connectivity index (χ2v) is 7.21. The van der Waals surface area contributed by atoms with Crippen molar-refractivity contribution in [3.8, 4) is 34.5 Å². The van der Waals surface area contributed by atoms with E-state index in [9.17, 15) is 0 Å². The van der Waals surface area contributed by atoms with Crippen molar-refractivity contribution >= 4 is 5.76 Å². The zero-order valence-electron chi connectivity index (χ0n) is 18.0. The molecule has 0 aromatic heterocycles. The fourth-order valence-electron chi connectivity index (χ4n) is 3.93. The first-order valence-electron chi connectivity index (χ1n) is 9.67. The van der Waals surface area contributed by atoms with Crippen LogP contribution in [0.5, 0.6) is 34.5 Å². The fraction of sp³-hybridized carbons (Fsp3) is 0.391. The van der Waals surface area contributed by atoms with E-state index in [0.29, 0.717) is 34.5 Å². The third-order valence-corrected chi connectivity index (χ3v) is 5.68. The molecule has 0 saturated carbocycles. The summed E-state index contributed by atoms with van der Waals surface area (Å²) in [7, 11) is 6.41. The topological polar surface area (TPSA) is 64.6 Å². The Kier molecular flexibility index (Phi) is 5.28. The summed E-state index contributed by atoms with van der Waals surface area (Å²) < 4.78 is 39.5. The van der Waals surface area contributed by atoms with Gasteiger partial charge in [0.2, 0.25) is 18.3 Å². The highest BCUT2D eigenvalue weighted by atomic mass is 16.7. The summed E-state index contributed by atoms with van der Waals surface area (Å²) in [5, 5.41) is 0. The minimum atomic E-state index is -0.204. The molecule has 0 fully saturated rings. The lowest BCUT2D eigenvalue weighted by Gasteiger charge is -2.21. The molecule has 30 heavy (non-hydrogen) atoms. The highest BCUT2D eigenvalue weighted by Crippen LogP contribution is 2.50. The first-order chi connectivity index (χ1) is 14.5. The van der Waals surface area contributed by atoms with Crippen molar-refractivity contribution in [1.29, 1.82) is 0 Å². The van der Waals surface area contributed by atoms with Crippen LogP contribution in [0.25, 0.3) is 5.76 Å². The van der Waals surface area contributed by atoms with Crippen LogP contribution in [-0.4, -0.2) is 35.2 Å². The number of rotatable bonds is 6. The molecule has 2 aromatic carbocycles. The van der Waals surface area contributed by atoms with Gasteiger partial charge in [0.25, 0.3) is 0 Å². The van der Waals surface area contributed by atoms with Gasteiger partial charge in [0, 0.05) is 17.0 Å². The van der Waals surface area contributed by atoms with Crippen LogP contribution < -0.4 is 28.4 Å². The lowest BCUT2D eigenvalue weighted by Crippen LogP contribution is -2.08. The van der Waals surface area contributed by atoms with Crippen LogP contribution in [0, 0.1) is 5.92 Å². The van der Waals surface area contributed by atoms with E-state index < -0.39 is 0 Å². The average Bonchev–Trinajstić information content (AvgIpc) is 3.36. The molecule has 0 bridgehead atoms. The fourth-order valence-corrected chi connectivity index (χ4v) is 3.93. The molecule has 0 aliphatic carbocycles. The molecule has 160 valence electrons. The number of benzene rings is 2. The van der Waals surface area contributed by atoms with Crippen LogP contribution in [0.4, 0.5) is 0 Å². The molecule has 2 aromatic rings. The maximum atomic E-state index is 6.47. The predicted molar refractivity (Wildman–Crippen MR) is 111 cm³/mol. The minimum absolute atomic E-state index is 0.138. The average molecular weight is 414 g/mol. The maximum absolute atomic E-state index is 6.47. The van der Waals surface area contributed by atoms with Crippen LogP contribution in [0.3, 0.4) is 0 Å². The molecule has 0 amide bonds. The van der Waals surface area contributed by atoms with E-state index in [1.54, 1.807) is 28.4 Å². The molecular formula is C23H26O7. The van der Waals surface area contributed by atoms with Crippen LogP contribution in [0.2, 0.25) is 0 Å². The van der Waals surface area contributed by atoms with Gasteiger partial charge in [-0.15, -0.1) is 0 Å². The Morgan fingerprint density at radius 2 is 1.50 bits per heavy atom. The van der Waals surface area contributed by atoms with Crippen LogP contribution in [-0.2, 0) is 4.74 Å². The standard InChI is InChI=1S/C23H26O7/c1-12-13(2)21(15-9-18(26-5)23-19(10-15)28-11-29-23)30-20(12)14-7-16(24-3)22(27-6)17(8-14)25-4/h7-10,12,20H,11H2,1-6H3/t12-,20-/m0/s1. The van der Waals surface area contributed by atoms with E-state index in [1.807, 2.05) is 24.3 Å². The Balaban J connectivity index is 1.72. The quantitative estimate of drug-likeness (QED) is 0.685. The number of hydrogen-bond acceptors (Lipinski definition) is 7. The normalized spacial score (nSPS) is 19.5. The molecule has 0 saturated heterocycles. The first kappa shape index (κ1) is 20.1. The van der Waals surface area contributed by atoms with Gasteiger partial charge >= 0.3 is 0 Å². The van der Waals surface area contributed by atoms with Gasteiger partial charge in [-0.2, -0.15) is 0 Å². The van der Waals surface area contributed by atoms with Gasteiger partial charge in [0.1, 0.15) is 11.9 Å². The Morgan fingerprint density at radius 1 is 0.833 bits per heavy atom.